The number of carbonyl (C=O) groups excluding carboxylic acids is 1. The molecule has 0 aromatic carbocycles. The highest BCUT2D eigenvalue weighted by Gasteiger charge is 2.51. The van der Waals surface area contributed by atoms with Gasteiger partial charge in [-0.25, -0.2) is 0 Å². The highest BCUT2D eigenvalue weighted by Crippen LogP contribution is 2.30. The Kier molecular flexibility index (Phi) is 37.6. The molecule has 0 radical (unpaired) electrons. The summed E-state index contributed by atoms with van der Waals surface area (Å²) in [5, 5.41) is 86.7. The van der Waals surface area contributed by atoms with E-state index in [0.29, 0.717) is 12.8 Å². The van der Waals surface area contributed by atoms with Crippen molar-refractivity contribution in [1.82, 2.24) is 5.32 Å². The van der Waals surface area contributed by atoms with Crippen LogP contribution in [0.15, 0.2) is 85.1 Å². The van der Waals surface area contributed by atoms with Gasteiger partial charge in [0.1, 0.15) is 48.8 Å². The maximum absolute atomic E-state index is 13.1. The first kappa shape index (κ1) is 63.3. The highest BCUT2D eigenvalue weighted by atomic mass is 16.7. The van der Waals surface area contributed by atoms with E-state index < -0.39 is 86.8 Å². The minimum atomic E-state index is -1.80. The number of amides is 1. The van der Waals surface area contributed by atoms with Crippen LogP contribution in [-0.4, -0.2) is 140 Å². The zero-order chi connectivity index (χ0) is 51.0. The molecule has 2 fully saturated rings. The Morgan fingerprint density at radius 2 is 1.00 bits per heavy atom. The minimum absolute atomic E-state index is 0.144. The molecule has 2 rings (SSSR count). The molecule has 0 aromatic heterocycles. The largest absolute Gasteiger partial charge is 0.394 e. The average Bonchev–Trinajstić information content (AvgIpc) is 3.36. The summed E-state index contributed by atoms with van der Waals surface area (Å²) in [4.78, 5) is 13.1. The molecule has 14 nitrogen and oxygen atoms in total. The standard InChI is InChI=1S/C56H95NO13/c1-3-5-7-9-11-13-15-17-18-19-20-21-22-23-24-25-26-28-29-31-33-35-37-39-45(60)44(57-48(61)40-38-36-34-32-30-27-16-14-12-10-8-6-4-2)43-67-55-53(66)51(64)54(47(42-59)69-55)70-56-52(65)50(63)49(62)46(41-58)68-56/h6,8,12,14,24-25,27,29-31,34,36-37,39,44-47,49-56,58-60,62-66H,3-5,7,9-11,13,15-23,26,28,32-33,35,38,40-43H2,1-2H3,(H,57,61)/b8-6-,14-12-,25-24+,30-27-,31-29+,36-34-,39-37+. The van der Waals surface area contributed by atoms with Gasteiger partial charge >= 0.3 is 0 Å². The number of ether oxygens (including phenoxy) is 4. The van der Waals surface area contributed by atoms with Crippen LogP contribution >= 0.6 is 0 Å². The number of aliphatic hydroxyl groups is 8. The first-order valence-electron chi connectivity index (χ1n) is 26.8. The molecule has 402 valence electrons. The number of unbranched alkanes of at least 4 members (excludes halogenated alkanes) is 15. The minimum Gasteiger partial charge on any atom is -0.394 e. The van der Waals surface area contributed by atoms with Gasteiger partial charge in [-0.2, -0.15) is 0 Å². The summed E-state index contributed by atoms with van der Waals surface area (Å²) in [6, 6.07) is -0.980. The Labute approximate surface area is 420 Å². The van der Waals surface area contributed by atoms with Crippen molar-refractivity contribution in [2.45, 2.75) is 242 Å². The van der Waals surface area contributed by atoms with Crippen LogP contribution in [0.1, 0.15) is 168 Å². The molecule has 0 aromatic rings. The van der Waals surface area contributed by atoms with Crippen LogP contribution in [0.4, 0.5) is 0 Å². The van der Waals surface area contributed by atoms with Gasteiger partial charge in [-0.3, -0.25) is 4.79 Å². The van der Waals surface area contributed by atoms with E-state index in [4.69, 9.17) is 18.9 Å². The second kappa shape index (κ2) is 41.6. The zero-order valence-electron chi connectivity index (χ0n) is 42.7. The van der Waals surface area contributed by atoms with Gasteiger partial charge in [0.2, 0.25) is 5.91 Å². The smallest absolute Gasteiger partial charge is 0.220 e. The van der Waals surface area contributed by atoms with Gasteiger partial charge in [0.25, 0.3) is 0 Å². The Morgan fingerprint density at radius 1 is 0.529 bits per heavy atom. The monoisotopic (exact) mass is 990 g/mol. The van der Waals surface area contributed by atoms with Crippen LogP contribution in [0.5, 0.6) is 0 Å². The van der Waals surface area contributed by atoms with Crippen LogP contribution in [-0.2, 0) is 23.7 Å². The average molecular weight is 990 g/mol. The molecule has 0 bridgehead atoms. The van der Waals surface area contributed by atoms with Gasteiger partial charge in [0, 0.05) is 6.42 Å². The first-order chi connectivity index (χ1) is 34.1. The van der Waals surface area contributed by atoms with E-state index in [1.54, 1.807) is 6.08 Å². The molecular weight excluding hydrogens is 895 g/mol. The molecule has 2 aliphatic heterocycles. The number of rotatable bonds is 40. The van der Waals surface area contributed by atoms with Gasteiger partial charge in [0.15, 0.2) is 12.6 Å². The Balaban J connectivity index is 1.85. The zero-order valence-corrected chi connectivity index (χ0v) is 42.7. The number of carbonyl (C=O) groups is 1. The third-order valence-corrected chi connectivity index (χ3v) is 12.6. The molecule has 0 aliphatic carbocycles. The van der Waals surface area contributed by atoms with Crippen LogP contribution in [0, 0.1) is 0 Å². The number of hydrogen-bond acceptors (Lipinski definition) is 13. The maximum atomic E-state index is 13.1. The van der Waals surface area contributed by atoms with Gasteiger partial charge < -0.3 is 65.1 Å². The molecule has 0 spiro atoms. The second-order valence-corrected chi connectivity index (χ2v) is 18.6. The summed E-state index contributed by atoms with van der Waals surface area (Å²) in [6.45, 7) is 2.58. The fourth-order valence-electron chi connectivity index (χ4n) is 8.21. The summed E-state index contributed by atoms with van der Waals surface area (Å²) >= 11 is 0. The molecule has 12 atom stereocenters. The van der Waals surface area contributed by atoms with Crippen molar-refractivity contribution in [3.63, 3.8) is 0 Å². The van der Waals surface area contributed by atoms with Crippen molar-refractivity contribution in [3.05, 3.63) is 85.1 Å². The van der Waals surface area contributed by atoms with Crippen LogP contribution in [0.2, 0.25) is 0 Å². The normalized spacial score (nSPS) is 26.7. The van der Waals surface area contributed by atoms with Crippen LogP contribution in [0.3, 0.4) is 0 Å². The maximum Gasteiger partial charge on any atom is 0.220 e. The summed E-state index contributed by atoms with van der Waals surface area (Å²) < 4.78 is 22.6. The van der Waals surface area contributed by atoms with Gasteiger partial charge in [0.05, 0.1) is 32.0 Å². The first-order valence-corrected chi connectivity index (χ1v) is 26.8. The Bertz CT molecular complexity index is 1500. The number of aliphatic hydroxyl groups excluding tert-OH is 8. The van der Waals surface area contributed by atoms with E-state index in [-0.39, 0.29) is 18.9 Å². The summed E-state index contributed by atoms with van der Waals surface area (Å²) in [6.07, 6.45) is 38.0. The number of nitrogens with one attached hydrogen (secondary N) is 1. The molecular formula is C56H95NO13. The number of allylic oxidation sites excluding steroid dienone is 13. The van der Waals surface area contributed by atoms with Crippen LogP contribution < -0.4 is 5.32 Å². The fourth-order valence-corrected chi connectivity index (χ4v) is 8.21. The third kappa shape index (κ3) is 27.8. The molecule has 1 amide bonds. The lowest BCUT2D eigenvalue weighted by Crippen LogP contribution is -2.65. The quantitative estimate of drug-likeness (QED) is 0.0212. The Hall–Kier alpha value is -2.83. The molecule has 14 heteroatoms. The van der Waals surface area contributed by atoms with Gasteiger partial charge in [-0.1, -0.05) is 176 Å². The predicted molar refractivity (Wildman–Crippen MR) is 276 cm³/mol. The molecule has 9 N–H and O–H groups in total. The van der Waals surface area contributed by atoms with E-state index in [0.717, 1.165) is 51.4 Å². The van der Waals surface area contributed by atoms with Crippen molar-refractivity contribution < 1.29 is 64.6 Å². The fraction of sp³-hybridized carbons (Fsp3) is 0.732. The topological polar surface area (TPSA) is 228 Å². The summed E-state index contributed by atoms with van der Waals surface area (Å²) in [5.74, 6) is -0.337. The molecule has 2 saturated heterocycles. The predicted octanol–water partition coefficient (Wildman–Crippen LogP) is 7.77. The van der Waals surface area contributed by atoms with Gasteiger partial charge in [-0.15, -0.1) is 0 Å². The van der Waals surface area contributed by atoms with Crippen molar-refractivity contribution >= 4 is 5.91 Å². The molecule has 2 heterocycles. The van der Waals surface area contributed by atoms with E-state index >= 15 is 0 Å². The van der Waals surface area contributed by atoms with Crippen molar-refractivity contribution in [3.8, 4) is 0 Å². The van der Waals surface area contributed by atoms with Crippen LogP contribution in [0.25, 0.3) is 0 Å². The van der Waals surface area contributed by atoms with Crippen molar-refractivity contribution in [1.29, 1.82) is 0 Å². The summed E-state index contributed by atoms with van der Waals surface area (Å²) in [7, 11) is 0. The van der Waals surface area contributed by atoms with Gasteiger partial charge in [-0.05, 0) is 70.6 Å². The summed E-state index contributed by atoms with van der Waals surface area (Å²) in [5.41, 5.74) is 0. The van der Waals surface area contributed by atoms with E-state index in [2.05, 4.69) is 79.9 Å². The number of hydrogen-bond donors (Lipinski definition) is 9. The lowest BCUT2D eigenvalue weighted by molar-refractivity contribution is -0.359. The van der Waals surface area contributed by atoms with Crippen molar-refractivity contribution in [2.24, 2.45) is 0 Å². The Morgan fingerprint density at radius 3 is 1.56 bits per heavy atom. The molecule has 70 heavy (non-hydrogen) atoms. The second-order valence-electron chi connectivity index (χ2n) is 18.6. The lowest BCUT2D eigenvalue weighted by atomic mass is 9.97. The van der Waals surface area contributed by atoms with E-state index in [1.807, 2.05) is 18.2 Å². The van der Waals surface area contributed by atoms with Crippen molar-refractivity contribution in [2.75, 3.05) is 19.8 Å². The third-order valence-electron chi connectivity index (χ3n) is 12.6. The highest BCUT2D eigenvalue weighted by molar-refractivity contribution is 5.76. The van der Waals surface area contributed by atoms with E-state index in [1.165, 1.54) is 83.5 Å². The molecule has 0 saturated carbocycles. The molecule has 2 aliphatic rings. The SMILES string of the molecule is CC/C=C\C/C=C\C/C=C\C/C=C\CCC(=O)NC(COC1OC(CO)C(OC2OC(CO)C(O)C(O)C2O)C(O)C1O)C(O)/C=C/CC/C=C/CC/C=C/CCCCCCCCCCCCCCC. The van der Waals surface area contributed by atoms with E-state index in [9.17, 15) is 45.6 Å². The lowest BCUT2D eigenvalue weighted by Gasteiger charge is -2.46. The molecule has 12 unspecified atom stereocenters.